The highest BCUT2D eigenvalue weighted by Gasteiger charge is 2.47. The minimum Gasteiger partial charge on any atom is -0.369 e. The lowest BCUT2D eigenvalue weighted by Gasteiger charge is -2.31. The van der Waals surface area contributed by atoms with Crippen LogP contribution < -0.4 is 5.73 Å². The Kier molecular flexibility index (Phi) is 4.10. The first-order chi connectivity index (χ1) is 8.70. The zero-order chi connectivity index (χ0) is 14.3. The van der Waals surface area contributed by atoms with Crippen LogP contribution in [0.25, 0.3) is 0 Å². The molecule has 1 aliphatic heterocycles. The van der Waals surface area contributed by atoms with Gasteiger partial charge in [0.2, 0.25) is 0 Å². The van der Waals surface area contributed by atoms with Crippen LogP contribution in [0.1, 0.15) is 39.7 Å². The van der Waals surface area contributed by atoms with Crippen LogP contribution >= 0.6 is 15.9 Å². The molecule has 1 aliphatic rings. The second-order valence-electron chi connectivity index (χ2n) is 6.77. The summed E-state index contributed by atoms with van der Waals surface area (Å²) in [5.41, 5.74) is 7.54. The molecule has 0 aromatic heterocycles. The molecule has 0 saturated carbocycles. The van der Waals surface area contributed by atoms with Crippen LogP contribution in [0.5, 0.6) is 0 Å². The molecule has 0 amide bonds. The number of halogens is 1. The molecule has 0 radical (unpaired) electrons. The third kappa shape index (κ3) is 3.59. The van der Waals surface area contributed by atoms with Gasteiger partial charge >= 0.3 is 0 Å². The number of benzene rings is 1. The third-order valence-corrected chi connectivity index (χ3v) is 4.57. The summed E-state index contributed by atoms with van der Waals surface area (Å²) in [6.45, 7) is 8.63. The maximum absolute atomic E-state index is 6.45. The minimum atomic E-state index is -0.141. The molecule has 1 saturated heterocycles. The van der Waals surface area contributed by atoms with Gasteiger partial charge in [0.1, 0.15) is 0 Å². The van der Waals surface area contributed by atoms with Gasteiger partial charge in [0.15, 0.2) is 0 Å². The van der Waals surface area contributed by atoms with Gasteiger partial charge in [-0.2, -0.15) is 0 Å². The first kappa shape index (κ1) is 15.0. The van der Waals surface area contributed by atoms with Gasteiger partial charge in [0.05, 0.1) is 11.2 Å². The van der Waals surface area contributed by atoms with Gasteiger partial charge in [0.25, 0.3) is 0 Å². The van der Waals surface area contributed by atoms with E-state index >= 15 is 0 Å². The van der Waals surface area contributed by atoms with Crippen molar-refractivity contribution in [3.63, 3.8) is 0 Å². The van der Waals surface area contributed by atoms with E-state index in [0.717, 1.165) is 17.3 Å². The van der Waals surface area contributed by atoms with Gasteiger partial charge in [-0.1, -0.05) is 28.1 Å². The Hall–Kier alpha value is -0.380. The van der Waals surface area contributed by atoms with E-state index in [0.29, 0.717) is 5.92 Å². The molecule has 3 heteroatoms. The summed E-state index contributed by atoms with van der Waals surface area (Å²) in [5.74, 6) is 0.395. The topological polar surface area (TPSA) is 35.2 Å². The predicted molar refractivity (Wildman–Crippen MR) is 83.2 cm³/mol. The minimum absolute atomic E-state index is 0.0640. The molecule has 19 heavy (non-hydrogen) atoms. The second kappa shape index (κ2) is 5.19. The van der Waals surface area contributed by atoms with Crippen molar-refractivity contribution in [2.75, 3.05) is 0 Å². The van der Waals surface area contributed by atoms with Gasteiger partial charge in [-0.15, -0.1) is 0 Å². The van der Waals surface area contributed by atoms with Gasteiger partial charge in [-0.05, 0) is 58.2 Å². The van der Waals surface area contributed by atoms with E-state index in [-0.39, 0.29) is 17.2 Å². The van der Waals surface area contributed by atoms with E-state index in [1.165, 1.54) is 5.56 Å². The standard InChI is InChI=1S/C16H24BrNO/c1-15(2)10-13(16(3,4)19-15)14(18)9-11-5-7-12(17)8-6-11/h5-8,13-14H,9-10,18H2,1-4H3. The number of hydrogen-bond donors (Lipinski definition) is 1. The summed E-state index contributed by atoms with van der Waals surface area (Å²) < 4.78 is 7.25. The van der Waals surface area contributed by atoms with Gasteiger partial charge in [0, 0.05) is 16.4 Å². The Labute approximate surface area is 124 Å². The normalized spacial score (nSPS) is 26.3. The first-order valence-electron chi connectivity index (χ1n) is 6.90. The third-order valence-electron chi connectivity index (χ3n) is 4.05. The Bertz CT molecular complexity index is 439. The highest BCUT2D eigenvalue weighted by atomic mass is 79.9. The highest BCUT2D eigenvalue weighted by molar-refractivity contribution is 9.10. The lowest BCUT2D eigenvalue weighted by Crippen LogP contribution is -2.42. The fourth-order valence-corrected chi connectivity index (χ4v) is 3.57. The summed E-state index contributed by atoms with van der Waals surface area (Å²) in [4.78, 5) is 0. The van der Waals surface area contributed by atoms with Crippen LogP contribution in [0.3, 0.4) is 0 Å². The second-order valence-corrected chi connectivity index (χ2v) is 7.69. The van der Waals surface area contributed by atoms with E-state index in [2.05, 4.69) is 67.9 Å². The molecule has 2 nitrogen and oxygen atoms in total. The molecule has 106 valence electrons. The number of ether oxygens (including phenoxy) is 1. The zero-order valence-corrected chi connectivity index (χ0v) is 13.8. The van der Waals surface area contributed by atoms with Crippen molar-refractivity contribution in [1.29, 1.82) is 0 Å². The number of nitrogens with two attached hydrogens (primary N) is 1. The van der Waals surface area contributed by atoms with Crippen LogP contribution in [0, 0.1) is 5.92 Å². The largest absolute Gasteiger partial charge is 0.369 e. The Morgan fingerprint density at radius 2 is 1.84 bits per heavy atom. The molecule has 0 spiro atoms. The molecule has 2 N–H and O–H groups in total. The van der Waals surface area contributed by atoms with E-state index in [9.17, 15) is 0 Å². The molecule has 1 aromatic carbocycles. The quantitative estimate of drug-likeness (QED) is 0.914. The summed E-state index contributed by atoms with van der Waals surface area (Å²) in [6.07, 6.45) is 1.93. The SMILES string of the molecule is CC1(C)CC(C(N)Cc2ccc(Br)cc2)C(C)(C)O1. The molecule has 2 rings (SSSR count). The molecule has 1 heterocycles. The number of hydrogen-bond acceptors (Lipinski definition) is 2. The van der Waals surface area contributed by atoms with Crippen molar-refractivity contribution >= 4 is 15.9 Å². The van der Waals surface area contributed by atoms with Crippen molar-refractivity contribution in [2.24, 2.45) is 11.7 Å². The maximum Gasteiger partial charge on any atom is 0.0677 e. The predicted octanol–water partition coefficient (Wildman–Crippen LogP) is 3.91. The molecule has 1 aromatic rings. The maximum atomic E-state index is 6.45. The average Bonchev–Trinajstić information content (AvgIpc) is 2.50. The van der Waals surface area contributed by atoms with Gasteiger partial charge < -0.3 is 10.5 Å². The van der Waals surface area contributed by atoms with Crippen LogP contribution in [0.4, 0.5) is 0 Å². The van der Waals surface area contributed by atoms with E-state index in [1.807, 2.05) is 0 Å². The fraction of sp³-hybridized carbons (Fsp3) is 0.625. The molecule has 0 aliphatic carbocycles. The van der Waals surface area contributed by atoms with Crippen molar-refractivity contribution in [1.82, 2.24) is 0 Å². The highest BCUT2D eigenvalue weighted by Crippen LogP contribution is 2.43. The Balaban J connectivity index is 2.07. The van der Waals surface area contributed by atoms with Crippen molar-refractivity contribution in [2.45, 2.75) is 57.8 Å². The fourth-order valence-electron chi connectivity index (χ4n) is 3.31. The first-order valence-corrected chi connectivity index (χ1v) is 7.69. The summed E-state index contributed by atoms with van der Waals surface area (Å²) in [5, 5.41) is 0. The Morgan fingerprint density at radius 3 is 2.32 bits per heavy atom. The molecule has 2 atom stereocenters. The Morgan fingerprint density at radius 1 is 1.26 bits per heavy atom. The molecule has 1 fully saturated rings. The summed E-state index contributed by atoms with van der Waals surface area (Å²) in [7, 11) is 0. The lowest BCUT2D eigenvalue weighted by atomic mass is 9.80. The lowest BCUT2D eigenvalue weighted by molar-refractivity contribution is -0.0765. The summed E-state index contributed by atoms with van der Waals surface area (Å²) >= 11 is 3.46. The zero-order valence-electron chi connectivity index (χ0n) is 12.2. The number of rotatable bonds is 3. The average molecular weight is 326 g/mol. The van der Waals surface area contributed by atoms with Crippen LogP contribution in [0.2, 0.25) is 0 Å². The molecule has 0 bridgehead atoms. The van der Waals surface area contributed by atoms with Crippen molar-refractivity contribution in [3.05, 3.63) is 34.3 Å². The van der Waals surface area contributed by atoms with Crippen LogP contribution in [-0.2, 0) is 11.2 Å². The van der Waals surface area contributed by atoms with Gasteiger partial charge in [-0.3, -0.25) is 0 Å². The van der Waals surface area contributed by atoms with Crippen LogP contribution in [0.15, 0.2) is 28.7 Å². The van der Waals surface area contributed by atoms with Gasteiger partial charge in [-0.25, -0.2) is 0 Å². The molecular formula is C16H24BrNO. The molecule has 2 unspecified atom stereocenters. The van der Waals surface area contributed by atoms with Crippen molar-refractivity contribution < 1.29 is 4.74 Å². The van der Waals surface area contributed by atoms with E-state index < -0.39 is 0 Å². The monoisotopic (exact) mass is 325 g/mol. The van der Waals surface area contributed by atoms with Crippen LogP contribution in [-0.4, -0.2) is 17.2 Å². The summed E-state index contributed by atoms with van der Waals surface area (Å²) in [6, 6.07) is 8.55. The van der Waals surface area contributed by atoms with E-state index in [1.54, 1.807) is 0 Å². The van der Waals surface area contributed by atoms with E-state index in [4.69, 9.17) is 10.5 Å². The van der Waals surface area contributed by atoms with Crippen molar-refractivity contribution in [3.8, 4) is 0 Å². The smallest absolute Gasteiger partial charge is 0.0677 e. The molecular weight excluding hydrogens is 302 g/mol.